The molecular formula is C16H22N2O3. The van der Waals surface area contributed by atoms with Crippen molar-refractivity contribution in [1.29, 1.82) is 0 Å². The summed E-state index contributed by atoms with van der Waals surface area (Å²) >= 11 is 0. The molecule has 114 valence electrons. The minimum absolute atomic E-state index is 0.155. The predicted molar refractivity (Wildman–Crippen MR) is 82.2 cm³/mol. The normalized spacial score (nSPS) is 19.3. The van der Waals surface area contributed by atoms with Gasteiger partial charge in [0.25, 0.3) is 0 Å². The van der Waals surface area contributed by atoms with E-state index >= 15 is 0 Å². The molecule has 2 N–H and O–H groups in total. The van der Waals surface area contributed by atoms with Gasteiger partial charge in [0, 0.05) is 42.8 Å². The number of aliphatic hydroxyl groups is 1. The van der Waals surface area contributed by atoms with Crippen molar-refractivity contribution in [2.45, 2.75) is 18.9 Å². The van der Waals surface area contributed by atoms with E-state index in [-0.39, 0.29) is 6.10 Å². The molecule has 1 saturated heterocycles. The van der Waals surface area contributed by atoms with Gasteiger partial charge in [-0.15, -0.1) is 0 Å². The molecule has 5 nitrogen and oxygen atoms in total. The predicted octanol–water partition coefficient (Wildman–Crippen LogP) is 1.79. The number of likely N-dealkylation sites (tertiary alicyclic amines) is 1. The molecule has 1 fully saturated rings. The van der Waals surface area contributed by atoms with Crippen molar-refractivity contribution < 1.29 is 14.6 Å². The number of methoxy groups -OCH3 is 2. The lowest BCUT2D eigenvalue weighted by molar-refractivity contribution is 0.177. The zero-order valence-electron chi connectivity index (χ0n) is 12.6. The molecule has 21 heavy (non-hydrogen) atoms. The van der Waals surface area contributed by atoms with Crippen LogP contribution in [0.2, 0.25) is 0 Å². The number of rotatable bonds is 5. The first-order chi connectivity index (χ1) is 10.2. The van der Waals surface area contributed by atoms with Crippen molar-refractivity contribution >= 4 is 10.9 Å². The summed E-state index contributed by atoms with van der Waals surface area (Å²) in [5.74, 6) is 1.49. The van der Waals surface area contributed by atoms with Gasteiger partial charge in [0.15, 0.2) is 11.5 Å². The Morgan fingerprint density at radius 2 is 2.05 bits per heavy atom. The third kappa shape index (κ3) is 2.84. The second-order valence-electron chi connectivity index (χ2n) is 5.56. The van der Waals surface area contributed by atoms with Crippen LogP contribution >= 0.6 is 0 Å². The van der Waals surface area contributed by atoms with Crippen molar-refractivity contribution in [2.75, 3.05) is 33.9 Å². The molecule has 3 rings (SSSR count). The van der Waals surface area contributed by atoms with E-state index in [0.29, 0.717) is 0 Å². The highest BCUT2D eigenvalue weighted by Gasteiger charge is 2.20. The molecule has 2 aromatic rings. The van der Waals surface area contributed by atoms with Gasteiger partial charge in [-0.1, -0.05) is 0 Å². The Bertz CT molecular complexity index is 623. The second-order valence-corrected chi connectivity index (χ2v) is 5.56. The van der Waals surface area contributed by atoms with E-state index in [1.165, 1.54) is 10.9 Å². The first-order valence-corrected chi connectivity index (χ1v) is 7.33. The van der Waals surface area contributed by atoms with Gasteiger partial charge in [-0.3, -0.25) is 0 Å². The van der Waals surface area contributed by atoms with Crippen molar-refractivity contribution in [2.24, 2.45) is 0 Å². The topological polar surface area (TPSA) is 57.7 Å². The molecule has 0 saturated carbocycles. The van der Waals surface area contributed by atoms with E-state index in [9.17, 15) is 5.11 Å². The Labute approximate surface area is 124 Å². The number of fused-ring (bicyclic) bond motifs is 1. The Morgan fingerprint density at radius 1 is 1.29 bits per heavy atom. The Morgan fingerprint density at radius 3 is 2.71 bits per heavy atom. The summed E-state index contributed by atoms with van der Waals surface area (Å²) in [7, 11) is 3.30. The summed E-state index contributed by atoms with van der Waals surface area (Å²) < 4.78 is 10.7. The SMILES string of the molecule is COc1cc2[nH]cc(CCN3CCC(O)C3)c2cc1OC. The number of β-amino-alcohol motifs (C(OH)–C–C–N with tert-alkyl or cyclic N) is 1. The largest absolute Gasteiger partial charge is 0.493 e. The average molecular weight is 290 g/mol. The van der Waals surface area contributed by atoms with Gasteiger partial charge in [-0.2, -0.15) is 0 Å². The minimum Gasteiger partial charge on any atom is -0.493 e. The zero-order valence-corrected chi connectivity index (χ0v) is 12.6. The van der Waals surface area contributed by atoms with Crippen molar-refractivity contribution in [3.8, 4) is 11.5 Å². The van der Waals surface area contributed by atoms with Crippen LogP contribution in [0.3, 0.4) is 0 Å². The zero-order chi connectivity index (χ0) is 14.8. The smallest absolute Gasteiger partial charge is 0.162 e. The summed E-state index contributed by atoms with van der Waals surface area (Å²) in [6.45, 7) is 2.75. The molecule has 1 aromatic carbocycles. The number of aliphatic hydroxyl groups excluding tert-OH is 1. The molecule has 0 spiro atoms. The first kappa shape index (κ1) is 14.2. The molecule has 1 aliphatic rings. The molecular weight excluding hydrogens is 268 g/mol. The van der Waals surface area contributed by atoms with Crippen LogP contribution in [-0.4, -0.2) is 54.9 Å². The molecule has 1 aromatic heterocycles. The monoisotopic (exact) mass is 290 g/mol. The van der Waals surface area contributed by atoms with Crippen LogP contribution in [0.15, 0.2) is 18.3 Å². The van der Waals surface area contributed by atoms with Crippen molar-refractivity contribution in [3.63, 3.8) is 0 Å². The highest BCUT2D eigenvalue weighted by Crippen LogP contribution is 2.33. The molecule has 0 aliphatic carbocycles. The summed E-state index contributed by atoms with van der Waals surface area (Å²) in [4.78, 5) is 5.60. The van der Waals surface area contributed by atoms with E-state index in [1.807, 2.05) is 12.1 Å². The quantitative estimate of drug-likeness (QED) is 0.881. The molecule has 1 aliphatic heterocycles. The number of nitrogens with zero attached hydrogens (tertiary/aromatic N) is 1. The Hall–Kier alpha value is -1.72. The number of ether oxygens (including phenoxy) is 2. The van der Waals surface area contributed by atoms with Gasteiger partial charge < -0.3 is 24.5 Å². The van der Waals surface area contributed by atoms with E-state index < -0.39 is 0 Å². The van der Waals surface area contributed by atoms with Gasteiger partial charge >= 0.3 is 0 Å². The van der Waals surface area contributed by atoms with Crippen LogP contribution < -0.4 is 9.47 Å². The molecule has 0 radical (unpaired) electrons. The standard InChI is InChI=1S/C16H22N2O3/c1-20-15-7-13-11(3-5-18-6-4-12(19)10-18)9-17-14(13)8-16(15)21-2/h7-9,12,17,19H,3-6,10H2,1-2H3. The molecule has 1 atom stereocenters. The number of hydrogen-bond donors (Lipinski definition) is 2. The van der Waals surface area contributed by atoms with E-state index in [0.717, 1.165) is 49.5 Å². The average Bonchev–Trinajstić information content (AvgIpc) is 3.09. The van der Waals surface area contributed by atoms with Gasteiger partial charge in [-0.05, 0) is 24.5 Å². The number of hydrogen-bond acceptors (Lipinski definition) is 4. The lowest BCUT2D eigenvalue weighted by Crippen LogP contribution is -2.24. The highest BCUT2D eigenvalue weighted by molar-refractivity contribution is 5.86. The third-order valence-electron chi connectivity index (χ3n) is 4.22. The molecule has 2 heterocycles. The lowest BCUT2D eigenvalue weighted by atomic mass is 10.1. The van der Waals surface area contributed by atoms with Gasteiger partial charge in [0.05, 0.1) is 20.3 Å². The number of aromatic nitrogens is 1. The number of nitrogens with one attached hydrogen (secondary N) is 1. The fourth-order valence-electron chi connectivity index (χ4n) is 3.01. The Kier molecular flexibility index (Phi) is 4.03. The lowest BCUT2D eigenvalue weighted by Gasteiger charge is -2.14. The maximum absolute atomic E-state index is 9.58. The van der Waals surface area contributed by atoms with E-state index in [1.54, 1.807) is 14.2 Å². The first-order valence-electron chi connectivity index (χ1n) is 7.33. The van der Waals surface area contributed by atoms with E-state index in [4.69, 9.17) is 9.47 Å². The van der Waals surface area contributed by atoms with Crippen LogP contribution in [0, 0.1) is 0 Å². The van der Waals surface area contributed by atoms with Crippen LogP contribution in [0.4, 0.5) is 0 Å². The second kappa shape index (κ2) is 5.95. The molecule has 0 bridgehead atoms. The molecule has 0 amide bonds. The summed E-state index contributed by atoms with van der Waals surface area (Å²) in [6, 6.07) is 4.00. The van der Waals surface area contributed by atoms with Crippen LogP contribution in [0.1, 0.15) is 12.0 Å². The third-order valence-corrected chi connectivity index (χ3v) is 4.22. The summed E-state index contributed by atoms with van der Waals surface area (Å²) in [5.41, 5.74) is 2.33. The fourth-order valence-corrected chi connectivity index (χ4v) is 3.01. The number of aromatic amines is 1. The van der Waals surface area contributed by atoms with Gasteiger partial charge in [0.1, 0.15) is 0 Å². The molecule has 1 unspecified atom stereocenters. The number of benzene rings is 1. The maximum Gasteiger partial charge on any atom is 0.162 e. The van der Waals surface area contributed by atoms with Crippen LogP contribution in [-0.2, 0) is 6.42 Å². The molecule has 5 heteroatoms. The van der Waals surface area contributed by atoms with E-state index in [2.05, 4.69) is 16.1 Å². The maximum atomic E-state index is 9.58. The fraction of sp³-hybridized carbons (Fsp3) is 0.500. The van der Waals surface area contributed by atoms with Gasteiger partial charge in [-0.25, -0.2) is 0 Å². The minimum atomic E-state index is -0.155. The Balaban J connectivity index is 1.79. The highest BCUT2D eigenvalue weighted by atomic mass is 16.5. The summed E-state index contributed by atoms with van der Waals surface area (Å²) in [6.07, 6.45) is 3.74. The number of H-pyrrole nitrogens is 1. The van der Waals surface area contributed by atoms with Crippen molar-refractivity contribution in [3.05, 3.63) is 23.9 Å². The summed E-state index contributed by atoms with van der Waals surface area (Å²) in [5, 5.41) is 10.7. The van der Waals surface area contributed by atoms with Crippen molar-refractivity contribution in [1.82, 2.24) is 9.88 Å². The van der Waals surface area contributed by atoms with Gasteiger partial charge in [0.2, 0.25) is 0 Å². The van der Waals surface area contributed by atoms with Crippen LogP contribution in [0.25, 0.3) is 10.9 Å². The van der Waals surface area contributed by atoms with Crippen LogP contribution in [0.5, 0.6) is 11.5 Å².